The van der Waals surface area contributed by atoms with Gasteiger partial charge in [-0.15, -0.1) is 0 Å². The molecule has 34 heavy (non-hydrogen) atoms. The Balaban J connectivity index is 1.37. The van der Waals surface area contributed by atoms with E-state index in [9.17, 15) is 9.18 Å². The zero-order valence-electron chi connectivity index (χ0n) is 18.8. The zero-order valence-corrected chi connectivity index (χ0v) is 19.5. The normalized spacial score (nSPS) is 12.4. The highest BCUT2D eigenvalue weighted by atomic mass is 35.5. The molecule has 0 spiro atoms. The van der Waals surface area contributed by atoms with Crippen LogP contribution in [0.2, 0.25) is 5.02 Å². The molecule has 1 aromatic heterocycles. The third-order valence-corrected chi connectivity index (χ3v) is 5.25. The van der Waals surface area contributed by atoms with Crippen molar-refractivity contribution in [3.8, 4) is 11.5 Å². The quantitative estimate of drug-likeness (QED) is 0.280. The molecular weight excluding hydrogens is 459 g/mol. The second kappa shape index (κ2) is 9.97. The second-order valence-electron chi connectivity index (χ2n) is 7.70. The number of benzene rings is 3. The van der Waals surface area contributed by atoms with Crippen LogP contribution in [0.25, 0.3) is 17.2 Å². The van der Waals surface area contributed by atoms with Gasteiger partial charge in [-0.2, -0.15) is 9.37 Å². The first-order valence-electron chi connectivity index (χ1n) is 10.5. The van der Waals surface area contributed by atoms with Gasteiger partial charge in [0.25, 0.3) is 11.9 Å². The Bertz CT molecular complexity index is 1330. The number of hydrogen-bond acceptors (Lipinski definition) is 5. The van der Waals surface area contributed by atoms with Gasteiger partial charge in [0.1, 0.15) is 17.0 Å². The van der Waals surface area contributed by atoms with Gasteiger partial charge in [0.05, 0.1) is 0 Å². The number of rotatable bonds is 7. The van der Waals surface area contributed by atoms with Gasteiger partial charge in [-0.3, -0.25) is 9.69 Å². The topological polar surface area (TPSA) is 64.8 Å². The molecular formula is C26H22ClFN2O4. The minimum atomic E-state index is -0.825. The fraction of sp³-hybridized carbons (Fsp3) is 0.154. The van der Waals surface area contributed by atoms with Gasteiger partial charge in [0.2, 0.25) is 0 Å². The first-order valence-corrected chi connectivity index (χ1v) is 10.9. The summed E-state index contributed by atoms with van der Waals surface area (Å²) >= 11 is 5.98. The largest absolute Gasteiger partial charge is 0.481 e. The number of carbonyl (C=O) groups excluding carboxylic acids is 1. The van der Waals surface area contributed by atoms with Crippen LogP contribution in [-0.4, -0.2) is 24.0 Å². The van der Waals surface area contributed by atoms with E-state index >= 15 is 0 Å². The summed E-state index contributed by atoms with van der Waals surface area (Å²) in [5, 5.41) is 0.524. The maximum absolute atomic E-state index is 14.2. The third-order valence-electron chi connectivity index (χ3n) is 5.01. The molecule has 1 heterocycles. The first kappa shape index (κ1) is 23.3. The standard InChI is InChI=1S/C26H22ClFN2O4/c1-16-4-6-18(7-5-16)14-24(28)33-21-11-9-20(10-12-21)32-17(2)25(31)30(3)26-29-22-15-19(27)8-13-23(22)34-26/h4-15,17H,1-3H3/t17-/m1/s1. The number of halogens is 2. The van der Waals surface area contributed by atoms with Crippen molar-refractivity contribution in [1.82, 2.24) is 4.98 Å². The highest BCUT2D eigenvalue weighted by Crippen LogP contribution is 2.26. The number of carbonyl (C=O) groups is 1. The summed E-state index contributed by atoms with van der Waals surface area (Å²) in [6.07, 6.45) is 0.481. The highest BCUT2D eigenvalue weighted by molar-refractivity contribution is 6.31. The van der Waals surface area contributed by atoms with Crippen molar-refractivity contribution in [1.29, 1.82) is 0 Å². The summed E-state index contributed by atoms with van der Waals surface area (Å²) in [5.41, 5.74) is 2.86. The van der Waals surface area contributed by atoms with Crippen molar-refractivity contribution in [2.45, 2.75) is 20.0 Å². The Morgan fingerprint density at radius 2 is 1.76 bits per heavy atom. The van der Waals surface area contributed by atoms with Crippen LogP contribution in [-0.2, 0) is 4.79 Å². The highest BCUT2D eigenvalue weighted by Gasteiger charge is 2.24. The first-order chi connectivity index (χ1) is 16.3. The van der Waals surface area contributed by atoms with Crippen LogP contribution in [0.4, 0.5) is 10.4 Å². The van der Waals surface area contributed by atoms with E-state index in [2.05, 4.69) is 4.98 Å². The van der Waals surface area contributed by atoms with E-state index in [0.29, 0.717) is 33.2 Å². The number of anilines is 1. The van der Waals surface area contributed by atoms with E-state index < -0.39 is 12.1 Å². The van der Waals surface area contributed by atoms with Crippen molar-refractivity contribution in [3.05, 3.63) is 88.9 Å². The van der Waals surface area contributed by atoms with Gasteiger partial charge in [0, 0.05) is 18.1 Å². The molecule has 8 heteroatoms. The van der Waals surface area contributed by atoms with E-state index in [0.717, 1.165) is 5.56 Å². The van der Waals surface area contributed by atoms with Crippen molar-refractivity contribution < 1.29 is 23.1 Å². The molecule has 0 saturated heterocycles. The van der Waals surface area contributed by atoms with E-state index in [1.165, 1.54) is 11.0 Å². The molecule has 0 N–H and O–H groups in total. The number of amides is 1. The Morgan fingerprint density at radius 3 is 2.47 bits per heavy atom. The van der Waals surface area contributed by atoms with Gasteiger partial charge in [-0.25, -0.2) is 0 Å². The van der Waals surface area contributed by atoms with Crippen molar-refractivity contribution in [2.75, 3.05) is 11.9 Å². The fourth-order valence-electron chi connectivity index (χ4n) is 3.18. The van der Waals surface area contributed by atoms with Crippen LogP contribution in [0.15, 0.2) is 77.2 Å². The smallest absolute Gasteiger partial charge is 0.305 e. The van der Waals surface area contributed by atoms with Crippen LogP contribution in [0.3, 0.4) is 0 Å². The maximum atomic E-state index is 14.2. The van der Waals surface area contributed by atoms with E-state index in [1.807, 2.05) is 19.1 Å². The molecule has 0 unspecified atom stereocenters. The van der Waals surface area contributed by atoms with Crippen LogP contribution in [0, 0.1) is 6.92 Å². The lowest BCUT2D eigenvalue weighted by Crippen LogP contribution is -2.38. The third kappa shape index (κ3) is 5.55. The van der Waals surface area contributed by atoms with Crippen LogP contribution < -0.4 is 14.4 Å². The van der Waals surface area contributed by atoms with E-state index in [1.54, 1.807) is 68.6 Å². The molecule has 0 radical (unpaired) electrons. The van der Waals surface area contributed by atoms with E-state index in [-0.39, 0.29) is 11.9 Å². The zero-order chi connectivity index (χ0) is 24.2. The molecule has 4 aromatic rings. The van der Waals surface area contributed by atoms with Gasteiger partial charge in [0.15, 0.2) is 11.7 Å². The monoisotopic (exact) mass is 480 g/mol. The molecule has 6 nitrogen and oxygen atoms in total. The van der Waals surface area contributed by atoms with Crippen molar-refractivity contribution in [3.63, 3.8) is 0 Å². The Labute approximate surface area is 201 Å². The number of ether oxygens (including phenoxy) is 2. The van der Waals surface area contributed by atoms with Crippen LogP contribution >= 0.6 is 11.6 Å². The van der Waals surface area contributed by atoms with E-state index in [4.69, 9.17) is 25.5 Å². The predicted molar refractivity (Wildman–Crippen MR) is 130 cm³/mol. The molecule has 1 atom stereocenters. The van der Waals surface area contributed by atoms with Crippen molar-refractivity contribution in [2.24, 2.45) is 0 Å². The summed E-state index contributed by atoms with van der Waals surface area (Å²) in [6.45, 7) is 3.58. The average molecular weight is 481 g/mol. The number of fused-ring (bicyclic) bond motifs is 1. The average Bonchev–Trinajstić information content (AvgIpc) is 3.24. The fourth-order valence-corrected chi connectivity index (χ4v) is 3.34. The summed E-state index contributed by atoms with van der Waals surface area (Å²) in [4.78, 5) is 18.4. The lowest BCUT2D eigenvalue weighted by atomic mass is 10.1. The molecule has 0 aliphatic carbocycles. The number of nitrogens with zero attached hydrogens (tertiary/aromatic N) is 2. The van der Waals surface area contributed by atoms with Crippen LogP contribution in [0.1, 0.15) is 18.1 Å². The molecule has 174 valence electrons. The van der Waals surface area contributed by atoms with Crippen LogP contribution in [0.5, 0.6) is 11.5 Å². The molecule has 0 saturated carbocycles. The molecule has 1 amide bonds. The molecule has 0 bridgehead atoms. The Kier molecular flexibility index (Phi) is 6.84. The predicted octanol–water partition coefficient (Wildman–Crippen LogP) is 6.57. The van der Waals surface area contributed by atoms with Gasteiger partial charge >= 0.3 is 6.01 Å². The SMILES string of the molecule is Cc1ccc(C=C(F)Oc2ccc(O[C@H](C)C(=O)N(C)c3nc4cc(Cl)ccc4o3)cc2)cc1. The molecule has 4 rings (SSSR count). The minimum Gasteiger partial charge on any atom is -0.481 e. The van der Waals surface area contributed by atoms with Crippen molar-refractivity contribution >= 4 is 40.7 Å². The molecule has 0 fully saturated rings. The summed E-state index contributed by atoms with van der Waals surface area (Å²) in [7, 11) is 1.55. The Hall–Kier alpha value is -3.84. The molecule has 0 aliphatic heterocycles. The maximum Gasteiger partial charge on any atom is 0.305 e. The van der Waals surface area contributed by atoms with Gasteiger partial charge in [-0.1, -0.05) is 41.4 Å². The summed E-state index contributed by atoms with van der Waals surface area (Å²) in [5.74, 6) is 0.369. The molecule has 3 aromatic carbocycles. The van der Waals surface area contributed by atoms with Gasteiger partial charge < -0.3 is 13.9 Å². The molecule has 0 aliphatic rings. The lowest BCUT2D eigenvalue weighted by Gasteiger charge is -2.19. The minimum absolute atomic E-state index is 0.136. The summed E-state index contributed by atoms with van der Waals surface area (Å²) in [6, 6.07) is 18.1. The number of likely N-dealkylation sites (N-methyl/N-ethyl adjacent to an activating group) is 1. The summed E-state index contributed by atoms with van der Waals surface area (Å²) < 4.78 is 30.8. The Morgan fingerprint density at radius 1 is 1.09 bits per heavy atom. The number of aryl methyl sites for hydroxylation is 1. The number of hydrogen-bond donors (Lipinski definition) is 0. The lowest BCUT2D eigenvalue weighted by molar-refractivity contribution is -0.124. The second-order valence-corrected chi connectivity index (χ2v) is 8.13. The van der Waals surface area contributed by atoms with Gasteiger partial charge in [-0.05, 0) is 61.9 Å². The number of oxazole rings is 1. The number of aromatic nitrogens is 1.